The van der Waals surface area contributed by atoms with Crippen LogP contribution in [-0.2, 0) is 11.8 Å². The molecule has 0 radical (unpaired) electrons. The second-order valence-corrected chi connectivity index (χ2v) is 5.80. The highest BCUT2D eigenvalue weighted by Gasteiger charge is 2.23. The van der Waals surface area contributed by atoms with E-state index in [9.17, 15) is 4.79 Å². The molecule has 0 bridgehead atoms. The van der Waals surface area contributed by atoms with Crippen molar-refractivity contribution in [3.05, 3.63) is 11.4 Å². The van der Waals surface area contributed by atoms with Crippen LogP contribution in [0.4, 0.5) is 5.69 Å². The van der Waals surface area contributed by atoms with Crippen LogP contribution in [0.25, 0.3) is 0 Å². The number of rotatable bonds is 3. The number of aromatic nitrogens is 2. The Labute approximate surface area is 120 Å². The molecular weight excluding hydrogens is 254 g/mol. The van der Waals surface area contributed by atoms with Crippen molar-refractivity contribution >= 4 is 11.6 Å². The second kappa shape index (κ2) is 5.93. The number of likely N-dealkylation sites (N-methyl/N-ethyl adjacent to an activating group) is 1. The van der Waals surface area contributed by atoms with Gasteiger partial charge < -0.3 is 10.2 Å². The van der Waals surface area contributed by atoms with Gasteiger partial charge in [-0.25, -0.2) is 0 Å². The Balaban J connectivity index is 1.96. The largest absolute Gasteiger partial charge is 0.322 e. The lowest BCUT2D eigenvalue weighted by Gasteiger charge is -2.37. The first-order valence-corrected chi connectivity index (χ1v) is 7.11. The zero-order valence-electron chi connectivity index (χ0n) is 13.1. The minimum Gasteiger partial charge on any atom is -0.322 e. The Morgan fingerprint density at radius 1 is 1.35 bits per heavy atom. The minimum atomic E-state index is 0.0422. The van der Waals surface area contributed by atoms with Crippen molar-refractivity contribution in [3.63, 3.8) is 0 Å². The van der Waals surface area contributed by atoms with Gasteiger partial charge in [-0.15, -0.1) is 0 Å². The van der Waals surface area contributed by atoms with Gasteiger partial charge in [0.25, 0.3) is 0 Å². The molecule has 1 N–H and O–H groups in total. The fourth-order valence-electron chi connectivity index (χ4n) is 2.73. The van der Waals surface area contributed by atoms with Gasteiger partial charge in [-0.1, -0.05) is 0 Å². The molecule has 6 nitrogen and oxygen atoms in total. The van der Waals surface area contributed by atoms with Crippen LogP contribution in [0.5, 0.6) is 0 Å². The second-order valence-electron chi connectivity index (χ2n) is 5.80. The monoisotopic (exact) mass is 279 g/mol. The Morgan fingerprint density at radius 2 is 2.05 bits per heavy atom. The fraction of sp³-hybridized carbons (Fsp3) is 0.714. The molecule has 0 aliphatic carbocycles. The zero-order valence-corrected chi connectivity index (χ0v) is 13.1. The predicted molar refractivity (Wildman–Crippen MR) is 79.8 cm³/mol. The van der Waals surface area contributed by atoms with Gasteiger partial charge in [0.1, 0.15) is 0 Å². The number of aryl methyl sites for hydroxylation is 2. The van der Waals surface area contributed by atoms with Gasteiger partial charge in [0, 0.05) is 32.7 Å². The van der Waals surface area contributed by atoms with E-state index in [1.165, 1.54) is 0 Å². The molecule has 20 heavy (non-hydrogen) atoms. The number of nitrogens with zero attached hydrogens (tertiary/aromatic N) is 4. The summed E-state index contributed by atoms with van der Waals surface area (Å²) in [6, 6.07) is 0.413. The molecule has 0 spiro atoms. The summed E-state index contributed by atoms with van der Waals surface area (Å²) in [5.74, 6) is 0.0422. The van der Waals surface area contributed by atoms with E-state index in [1.807, 2.05) is 20.9 Å². The smallest absolute Gasteiger partial charge is 0.238 e. The maximum atomic E-state index is 12.2. The van der Waals surface area contributed by atoms with Crippen LogP contribution in [0.15, 0.2) is 0 Å². The molecule has 2 heterocycles. The van der Waals surface area contributed by atoms with Crippen molar-refractivity contribution in [2.24, 2.45) is 7.05 Å². The third-order valence-corrected chi connectivity index (χ3v) is 4.09. The van der Waals surface area contributed by atoms with Crippen molar-refractivity contribution in [2.75, 3.05) is 38.5 Å². The van der Waals surface area contributed by atoms with E-state index in [0.717, 1.165) is 36.7 Å². The number of amides is 1. The lowest BCUT2D eigenvalue weighted by Crippen LogP contribution is -2.52. The maximum absolute atomic E-state index is 12.2. The number of piperazine rings is 1. The molecule has 2 rings (SSSR count). The normalized spacial score (nSPS) is 21.1. The Kier molecular flexibility index (Phi) is 4.45. The maximum Gasteiger partial charge on any atom is 0.238 e. The van der Waals surface area contributed by atoms with Gasteiger partial charge in [0.2, 0.25) is 5.91 Å². The van der Waals surface area contributed by atoms with E-state index in [1.54, 1.807) is 4.68 Å². The average Bonchev–Trinajstić information content (AvgIpc) is 2.60. The Hall–Kier alpha value is -1.40. The quantitative estimate of drug-likeness (QED) is 0.881. The van der Waals surface area contributed by atoms with Gasteiger partial charge >= 0.3 is 0 Å². The summed E-state index contributed by atoms with van der Waals surface area (Å²) in [4.78, 5) is 16.8. The number of carbonyl (C=O) groups excluding carboxylic acids is 1. The van der Waals surface area contributed by atoms with E-state index < -0.39 is 0 Å². The van der Waals surface area contributed by atoms with Crippen molar-refractivity contribution in [3.8, 4) is 0 Å². The van der Waals surface area contributed by atoms with Crippen molar-refractivity contribution < 1.29 is 4.79 Å². The Morgan fingerprint density at radius 3 is 2.60 bits per heavy atom. The Bertz CT molecular complexity index is 496. The van der Waals surface area contributed by atoms with Gasteiger partial charge in [-0.3, -0.25) is 14.4 Å². The highest BCUT2D eigenvalue weighted by molar-refractivity contribution is 5.93. The predicted octanol–water partition coefficient (Wildman–Crippen LogP) is 0.611. The molecule has 1 unspecified atom stereocenters. The number of carbonyl (C=O) groups is 1. The number of hydrogen-bond acceptors (Lipinski definition) is 4. The zero-order chi connectivity index (χ0) is 14.9. The van der Waals surface area contributed by atoms with Crippen LogP contribution < -0.4 is 5.32 Å². The van der Waals surface area contributed by atoms with Crippen LogP contribution in [0.1, 0.15) is 18.3 Å². The first-order valence-electron chi connectivity index (χ1n) is 7.11. The molecule has 112 valence electrons. The molecule has 1 atom stereocenters. The summed E-state index contributed by atoms with van der Waals surface area (Å²) < 4.78 is 1.80. The molecule has 0 aromatic carbocycles. The first kappa shape index (κ1) is 15.0. The van der Waals surface area contributed by atoms with Crippen LogP contribution >= 0.6 is 0 Å². The van der Waals surface area contributed by atoms with E-state index in [0.29, 0.717) is 12.6 Å². The van der Waals surface area contributed by atoms with Crippen molar-refractivity contribution in [1.29, 1.82) is 0 Å². The van der Waals surface area contributed by atoms with Gasteiger partial charge in [-0.2, -0.15) is 5.10 Å². The van der Waals surface area contributed by atoms with Gasteiger partial charge in [0.05, 0.1) is 23.6 Å². The van der Waals surface area contributed by atoms with Crippen LogP contribution in [0.3, 0.4) is 0 Å². The number of hydrogen-bond donors (Lipinski definition) is 1. The topological polar surface area (TPSA) is 53.4 Å². The summed E-state index contributed by atoms with van der Waals surface area (Å²) in [7, 11) is 4.01. The van der Waals surface area contributed by atoms with Crippen LogP contribution in [0, 0.1) is 13.8 Å². The van der Waals surface area contributed by atoms with Gasteiger partial charge in [0.15, 0.2) is 0 Å². The molecule has 1 amide bonds. The van der Waals surface area contributed by atoms with E-state index >= 15 is 0 Å². The summed E-state index contributed by atoms with van der Waals surface area (Å²) >= 11 is 0. The highest BCUT2D eigenvalue weighted by atomic mass is 16.2. The molecule has 1 saturated heterocycles. The lowest BCUT2D eigenvalue weighted by atomic mass is 10.2. The molecule has 0 saturated carbocycles. The summed E-state index contributed by atoms with van der Waals surface area (Å²) in [5, 5.41) is 7.32. The molecule has 6 heteroatoms. The first-order chi connectivity index (χ1) is 9.38. The number of anilines is 1. The third-order valence-electron chi connectivity index (χ3n) is 4.09. The van der Waals surface area contributed by atoms with E-state index in [2.05, 4.69) is 34.2 Å². The van der Waals surface area contributed by atoms with E-state index in [4.69, 9.17) is 0 Å². The summed E-state index contributed by atoms with van der Waals surface area (Å²) in [5.41, 5.74) is 2.70. The lowest BCUT2D eigenvalue weighted by molar-refractivity contribution is -0.118. The minimum absolute atomic E-state index is 0.0422. The van der Waals surface area contributed by atoms with E-state index in [-0.39, 0.29) is 5.91 Å². The van der Waals surface area contributed by atoms with Crippen LogP contribution in [-0.4, -0.2) is 64.8 Å². The highest BCUT2D eigenvalue weighted by Crippen LogP contribution is 2.18. The molecule has 1 aliphatic heterocycles. The average molecular weight is 279 g/mol. The summed E-state index contributed by atoms with van der Waals surface area (Å²) in [6.45, 7) is 9.47. The van der Waals surface area contributed by atoms with Crippen molar-refractivity contribution in [2.45, 2.75) is 26.8 Å². The molecule has 1 fully saturated rings. The molecule has 1 aromatic rings. The standard InChI is InChI=1S/C14H25N5O/c1-10-8-17(4)6-7-19(10)9-13(20)15-14-11(2)16-18(5)12(14)3/h10H,6-9H2,1-5H3,(H,15,20). The SMILES string of the molecule is Cc1nn(C)c(C)c1NC(=O)CN1CCN(C)CC1C. The van der Waals surface area contributed by atoms with Crippen LogP contribution in [0.2, 0.25) is 0 Å². The summed E-state index contributed by atoms with van der Waals surface area (Å²) in [6.07, 6.45) is 0. The fourth-order valence-corrected chi connectivity index (χ4v) is 2.73. The molecular formula is C14H25N5O. The van der Waals surface area contributed by atoms with Gasteiger partial charge in [-0.05, 0) is 27.8 Å². The number of nitrogens with one attached hydrogen (secondary N) is 1. The third kappa shape index (κ3) is 3.19. The molecule has 1 aromatic heterocycles. The van der Waals surface area contributed by atoms with Crippen molar-refractivity contribution in [1.82, 2.24) is 19.6 Å². The molecule has 1 aliphatic rings.